The van der Waals surface area contributed by atoms with Crippen molar-refractivity contribution in [3.63, 3.8) is 0 Å². The highest BCUT2D eigenvalue weighted by atomic mass is 16.1. The molecule has 0 radical (unpaired) electrons. The number of benzene rings is 2. The van der Waals surface area contributed by atoms with E-state index < -0.39 is 0 Å². The van der Waals surface area contributed by atoms with Gasteiger partial charge in [0.2, 0.25) is 5.91 Å². The summed E-state index contributed by atoms with van der Waals surface area (Å²) < 4.78 is 0. The molecule has 1 saturated heterocycles. The van der Waals surface area contributed by atoms with Crippen molar-refractivity contribution < 1.29 is 4.79 Å². The van der Waals surface area contributed by atoms with E-state index in [1.807, 2.05) is 0 Å². The van der Waals surface area contributed by atoms with Gasteiger partial charge in [0, 0.05) is 25.2 Å². The number of anilines is 1. The molecule has 3 rings (SSSR count). The topological polar surface area (TPSA) is 32.3 Å². The van der Waals surface area contributed by atoms with Crippen LogP contribution in [0.15, 0.2) is 42.5 Å². The fourth-order valence-corrected chi connectivity index (χ4v) is 4.01. The minimum atomic E-state index is 0.0292. The predicted molar refractivity (Wildman–Crippen MR) is 118 cm³/mol. The van der Waals surface area contributed by atoms with Gasteiger partial charge in [-0.1, -0.05) is 37.3 Å². The number of aryl methyl sites for hydroxylation is 3. The first-order chi connectivity index (χ1) is 13.4. The van der Waals surface area contributed by atoms with Crippen molar-refractivity contribution in [2.24, 2.45) is 5.92 Å². The van der Waals surface area contributed by atoms with Crippen molar-refractivity contribution in [3.05, 3.63) is 64.7 Å². The van der Waals surface area contributed by atoms with Crippen LogP contribution in [0.2, 0.25) is 0 Å². The number of nitrogens with one attached hydrogen (secondary N) is 1. The number of rotatable bonds is 6. The van der Waals surface area contributed by atoms with Crippen molar-refractivity contribution in [1.82, 2.24) is 5.32 Å². The van der Waals surface area contributed by atoms with Crippen LogP contribution in [0.5, 0.6) is 0 Å². The van der Waals surface area contributed by atoms with Gasteiger partial charge in [-0.2, -0.15) is 0 Å². The molecule has 2 aromatic rings. The maximum absolute atomic E-state index is 12.4. The number of hydrogen-bond acceptors (Lipinski definition) is 2. The summed E-state index contributed by atoms with van der Waals surface area (Å²) in [6, 6.07) is 15.2. The van der Waals surface area contributed by atoms with Gasteiger partial charge in [-0.05, 0) is 80.3 Å². The average Bonchev–Trinajstić information content (AvgIpc) is 2.69. The number of amides is 1. The molecular weight excluding hydrogens is 344 g/mol. The minimum Gasteiger partial charge on any atom is -0.371 e. The first-order valence-corrected chi connectivity index (χ1v) is 10.6. The molecule has 0 unspecified atom stereocenters. The number of carbonyl (C=O) groups excluding carboxylic acids is 1. The summed E-state index contributed by atoms with van der Waals surface area (Å²) in [4.78, 5) is 14.9. The molecular formula is C25H34N2O. The lowest BCUT2D eigenvalue weighted by Gasteiger charge is -2.33. The van der Waals surface area contributed by atoms with Crippen molar-refractivity contribution in [2.75, 3.05) is 18.0 Å². The van der Waals surface area contributed by atoms with Crippen LogP contribution in [-0.2, 0) is 11.2 Å². The van der Waals surface area contributed by atoms with Crippen LogP contribution in [0.3, 0.4) is 0 Å². The largest absolute Gasteiger partial charge is 0.371 e. The molecule has 1 fully saturated rings. The van der Waals surface area contributed by atoms with Crippen LogP contribution in [0.25, 0.3) is 0 Å². The highest BCUT2D eigenvalue weighted by Crippen LogP contribution is 2.24. The molecule has 2 atom stereocenters. The van der Waals surface area contributed by atoms with Gasteiger partial charge in [-0.25, -0.2) is 0 Å². The molecule has 0 saturated carbocycles. The van der Waals surface area contributed by atoms with Crippen molar-refractivity contribution in [2.45, 2.75) is 59.4 Å². The standard InChI is InChI=1S/C25H34N2O/c1-18-6-5-15-27(17-18)24-12-10-23(11-13-24)21(4)26-25(28)14-9-22-8-7-19(2)20(3)16-22/h7-8,10-13,16,18,21H,5-6,9,14-15,17H2,1-4H3,(H,26,28)/t18-,21+/m1/s1. The van der Waals surface area contributed by atoms with Gasteiger partial charge in [0.15, 0.2) is 0 Å². The monoisotopic (exact) mass is 378 g/mol. The van der Waals surface area contributed by atoms with Crippen LogP contribution in [-0.4, -0.2) is 19.0 Å². The smallest absolute Gasteiger partial charge is 0.220 e. The lowest BCUT2D eigenvalue weighted by atomic mass is 9.99. The van der Waals surface area contributed by atoms with Crippen LogP contribution in [0.4, 0.5) is 5.69 Å². The molecule has 0 aliphatic carbocycles. The molecule has 28 heavy (non-hydrogen) atoms. The molecule has 1 aliphatic heterocycles. The molecule has 1 amide bonds. The zero-order chi connectivity index (χ0) is 20.1. The van der Waals surface area contributed by atoms with E-state index in [1.54, 1.807) is 0 Å². The number of hydrogen-bond donors (Lipinski definition) is 1. The molecule has 0 spiro atoms. The second-order valence-electron chi connectivity index (χ2n) is 8.49. The second-order valence-corrected chi connectivity index (χ2v) is 8.49. The maximum Gasteiger partial charge on any atom is 0.220 e. The second kappa shape index (κ2) is 9.27. The number of carbonyl (C=O) groups is 1. The Labute approximate surface area is 170 Å². The van der Waals surface area contributed by atoms with Gasteiger partial charge in [-0.15, -0.1) is 0 Å². The summed E-state index contributed by atoms with van der Waals surface area (Å²) in [5.41, 5.74) is 6.27. The lowest BCUT2D eigenvalue weighted by Crippen LogP contribution is -2.34. The van der Waals surface area contributed by atoms with Gasteiger partial charge in [0.1, 0.15) is 0 Å². The average molecular weight is 379 g/mol. The van der Waals surface area contributed by atoms with Crippen LogP contribution in [0, 0.1) is 19.8 Å². The highest BCUT2D eigenvalue weighted by Gasteiger charge is 2.17. The third-order valence-corrected chi connectivity index (χ3v) is 6.00. The van der Waals surface area contributed by atoms with Gasteiger partial charge in [0.05, 0.1) is 6.04 Å². The van der Waals surface area contributed by atoms with E-state index in [2.05, 4.69) is 80.4 Å². The number of nitrogens with zero attached hydrogens (tertiary/aromatic N) is 1. The molecule has 1 N–H and O–H groups in total. The van der Waals surface area contributed by atoms with E-state index in [0.29, 0.717) is 6.42 Å². The van der Waals surface area contributed by atoms with Gasteiger partial charge < -0.3 is 10.2 Å². The van der Waals surface area contributed by atoms with Gasteiger partial charge >= 0.3 is 0 Å². The van der Waals surface area contributed by atoms with E-state index in [4.69, 9.17) is 0 Å². The molecule has 0 bridgehead atoms. The van der Waals surface area contributed by atoms with Crippen molar-refractivity contribution in [1.29, 1.82) is 0 Å². The molecule has 3 heteroatoms. The summed E-state index contributed by atoms with van der Waals surface area (Å²) in [6.45, 7) is 10.9. The van der Waals surface area contributed by atoms with E-state index in [9.17, 15) is 4.79 Å². The molecule has 2 aromatic carbocycles. The van der Waals surface area contributed by atoms with Crippen LogP contribution >= 0.6 is 0 Å². The predicted octanol–water partition coefficient (Wildman–Crippen LogP) is 5.35. The molecule has 150 valence electrons. The third-order valence-electron chi connectivity index (χ3n) is 6.00. The van der Waals surface area contributed by atoms with Gasteiger partial charge in [-0.3, -0.25) is 4.79 Å². The van der Waals surface area contributed by atoms with Crippen molar-refractivity contribution in [3.8, 4) is 0 Å². The summed E-state index contributed by atoms with van der Waals surface area (Å²) in [5, 5.41) is 3.15. The Balaban J connectivity index is 1.51. The molecule has 1 heterocycles. The Morgan fingerprint density at radius 3 is 2.57 bits per heavy atom. The molecule has 0 aromatic heterocycles. The SMILES string of the molecule is Cc1ccc(CCC(=O)N[C@@H](C)c2ccc(N3CCC[C@@H](C)C3)cc2)cc1C. The molecule has 3 nitrogen and oxygen atoms in total. The Bertz CT molecular complexity index is 797. The van der Waals surface area contributed by atoms with E-state index in [-0.39, 0.29) is 11.9 Å². The Morgan fingerprint density at radius 2 is 1.89 bits per heavy atom. The Hall–Kier alpha value is -2.29. The normalized spacial score (nSPS) is 18.0. The summed E-state index contributed by atoms with van der Waals surface area (Å²) in [5.74, 6) is 0.878. The fourth-order valence-electron chi connectivity index (χ4n) is 4.01. The third kappa shape index (κ3) is 5.37. The Morgan fingerprint density at radius 1 is 1.14 bits per heavy atom. The van der Waals surface area contributed by atoms with E-state index in [0.717, 1.165) is 31.0 Å². The summed E-state index contributed by atoms with van der Waals surface area (Å²) in [6.07, 6.45) is 3.91. The van der Waals surface area contributed by atoms with E-state index in [1.165, 1.54) is 35.2 Å². The highest BCUT2D eigenvalue weighted by molar-refractivity contribution is 5.76. The van der Waals surface area contributed by atoms with Crippen LogP contribution < -0.4 is 10.2 Å². The van der Waals surface area contributed by atoms with Crippen LogP contribution in [0.1, 0.15) is 61.4 Å². The zero-order valence-corrected chi connectivity index (χ0v) is 17.8. The number of piperidine rings is 1. The minimum absolute atomic E-state index is 0.0292. The zero-order valence-electron chi connectivity index (χ0n) is 17.8. The van der Waals surface area contributed by atoms with Gasteiger partial charge in [0.25, 0.3) is 0 Å². The molecule has 1 aliphatic rings. The summed E-state index contributed by atoms with van der Waals surface area (Å²) in [7, 11) is 0. The first kappa shape index (κ1) is 20.4. The first-order valence-electron chi connectivity index (χ1n) is 10.6. The summed E-state index contributed by atoms with van der Waals surface area (Å²) >= 11 is 0. The quantitative estimate of drug-likeness (QED) is 0.735. The fraction of sp³-hybridized carbons (Fsp3) is 0.480. The Kier molecular flexibility index (Phi) is 6.77. The van der Waals surface area contributed by atoms with Crippen molar-refractivity contribution >= 4 is 11.6 Å². The maximum atomic E-state index is 12.4. The lowest BCUT2D eigenvalue weighted by molar-refractivity contribution is -0.121. The van der Waals surface area contributed by atoms with E-state index >= 15 is 0 Å².